The highest BCUT2D eigenvalue weighted by Crippen LogP contribution is 2.20. The first kappa shape index (κ1) is 11.8. The first-order valence-corrected chi connectivity index (χ1v) is 5.50. The van der Waals surface area contributed by atoms with Crippen molar-refractivity contribution in [1.82, 2.24) is 9.38 Å². The van der Waals surface area contributed by atoms with E-state index < -0.39 is 0 Å². The third-order valence-corrected chi connectivity index (χ3v) is 2.19. The Morgan fingerprint density at radius 3 is 2.47 bits per heavy atom. The zero-order valence-corrected chi connectivity index (χ0v) is 10.3. The van der Waals surface area contributed by atoms with Crippen LogP contribution < -0.4 is 0 Å². The smallest absolute Gasteiger partial charge is 0.0994 e. The summed E-state index contributed by atoms with van der Waals surface area (Å²) in [5.41, 5.74) is 2.48. The van der Waals surface area contributed by atoms with Crippen LogP contribution in [-0.2, 0) is 5.41 Å². The molecule has 15 heavy (non-hydrogen) atoms. The second-order valence-corrected chi connectivity index (χ2v) is 4.36. The summed E-state index contributed by atoms with van der Waals surface area (Å²) in [6, 6.07) is 6.26. The largest absolute Gasteiger partial charge is 0.308 e. The highest BCUT2D eigenvalue weighted by Gasteiger charge is 2.15. The maximum absolute atomic E-state index is 4.41. The van der Waals surface area contributed by atoms with Crippen molar-refractivity contribution in [1.29, 1.82) is 0 Å². The van der Waals surface area contributed by atoms with Gasteiger partial charge in [0, 0.05) is 22.8 Å². The van der Waals surface area contributed by atoms with Crippen LogP contribution in [0.3, 0.4) is 0 Å². The Hall–Kier alpha value is -1.31. The third kappa shape index (κ3) is 2.58. The molecule has 0 amide bonds. The van der Waals surface area contributed by atoms with Gasteiger partial charge in [-0.05, 0) is 18.2 Å². The van der Waals surface area contributed by atoms with E-state index in [-0.39, 0.29) is 5.41 Å². The van der Waals surface area contributed by atoms with Gasteiger partial charge in [0.2, 0.25) is 0 Å². The fourth-order valence-electron chi connectivity index (χ4n) is 1.35. The van der Waals surface area contributed by atoms with Gasteiger partial charge < -0.3 is 4.40 Å². The molecule has 0 bridgehead atoms. The maximum Gasteiger partial charge on any atom is 0.0994 e. The first-order chi connectivity index (χ1) is 7.07. The monoisotopic (exact) mass is 204 g/mol. The molecule has 2 rings (SSSR count). The van der Waals surface area contributed by atoms with Gasteiger partial charge in [0.1, 0.15) is 0 Å². The standard InChI is InChI=1S/C11H14N2.C2H6/c1-11(2,3)10-7-9-5-4-6-13(9)8-12-10;1-2/h4-8H,1-3H3;1-2H3. The lowest BCUT2D eigenvalue weighted by Crippen LogP contribution is -2.13. The molecule has 0 aliphatic rings. The van der Waals surface area contributed by atoms with Crippen LogP contribution in [0.5, 0.6) is 0 Å². The summed E-state index contributed by atoms with van der Waals surface area (Å²) in [5, 5.41) is 0. The average Bonchev–Trinajstić information content (AvgIpc) is 2.66. The lowest BCUT2D eigenvalue weighted by molar-refractivity contribution is 0.567. The summed E-state index contributed by atoms with van der Waals surface area (Å²) in [6.07, 6.45) is 3.88. The lowest BCUT2D eigenvalue weighted by Gasteiger charge is -2.17. The van der Waals surface area contributed by atoms with Crippen molar-refractivity contribution in [3.8, 4) is 0 Å². The van der Waals surface area contributed by atoms with E-state index in [1.165, 1.54) is 5.52 Å². The summed E-state index contributed by atoms with van der Waals surface area (Å²) in [5.74, 6) is 0. The Bertz CT molecular complexity index is 421. The summed E-state index contributed by atoms with van der Waals surface area (Å²) in [6.45, 7) is 10.5. The molecule has 0 aliphatic heterocycles. The molecule has 0 N–H and O–H groups in total. The molecule has 0 fully saturated rings. The van der Waals surface area contributed by atoms with Crippen LogP contribution in [-0.4, -0.2) is 9.38 Å². The fourth-order valence-corrected chi connectivity index (χ4v) is 1.35. The molecule has 2 nitrogen and oxygen atoms in total. The molecule has 2 aromatic heterocycles. The normalized spacial score (nSPS) is 11.0. The van der Waals surface area contributed by atoms with Gasteiger partial charge >= 0.3 is 0 Å². The minimum atomic E-state index is 0.131. The molecule has 2 heterocycles. The van der Waals surface area contributed by atoms with Gasteiger partial charge in [-0.3, -0.25) is 0 Å². The number of fused-ring (bicyclic) bond motifs is 1. The first-order valence-electron chi connectivity index (χ1n) is 5.50. The summed E-state index contributed by atoms with van der Waals surface area (Å²) in [4.78, 5) is 4.41. The average molecular weight is 204 g/mol. The second-order valence-electron chi connectivity index (χ2n) is 4.36. The number of hydrogen-bond acceptors (Lipinski definition) is 1. The van der Waals surface area contributed by atoms with Crippen molar-refractivity contribution in [3.63, 3.8) is 0 Å². The Morgan fingerprint density at radius 2 is 1.87 bits per heavy atom. The molecular weight excluding hydrogens is 184 g/mol. The third-order valence-electron chi connectivity index (χ3n) is 2.19. The Kier molecular flexibility index (Phi) is 3.51. The zero-order valence-electron chi connectivity index (χ0n) is 10.3. The molecule has 0 spiro atoms. The molecule has 0 saturated carbocycles. The minimum Gasteiger partial charge on any atom is -0.308 e. The number of hydrogen-bond donors (Lipinski definition) is 0. The number of nitrogens with zero attached hydrogens (tertiary/aromatic N) is 2. The molecule has 0 atom stereocenters. The number of rotatable bonds is 0. The zero-order chi connectivity index (χ0) is 11.5. The Labute approximate surface area is 92.0 Å². The van der Waals surface area contributed by atoms with Gasteiger partial charge in [0.15, 0.2) is 0 Å². The molecule has 2 heteroatoms. The van der Waals surface area contributed by atoms with Crippen LogP contribution in [0.4, 0.5) is 0 Å². The molecule has 0 unspecified atom stereocenters. The van der Waals surface area contributed by atoms with Crippen LogP contribution in [0.1, 0.15) is 40.3 Å². The van der Waals surface area contributed by atoms with Crippen LogP contribution in [0.2, 0.25) is 0 Å². The molecule has 0 radical (unpaired) electrons. The van der Waals surface area contributed by atoms with Gasteiger partial charge in [-0.1, -0.05) is 34.6 Å². The molecule has 2 aromatic rings. The van der Waals surface area contributed by atoms with E-state index in [2.05, 4.69) is 37.9 Å². The highest BCUT2D eigenvalue weighted by molar-refractivity contribution is 5.48. The van der Waals surface area contributed by atoms with Crippen molar-refractivity contribution in [2.24, 2.45) is 0 Å². The quantitative estimate of drug-likeness (QED) is 0.640. The van der Waals surface area contributed by atoms with E-state index >= 15 is 0 Å². The predicted octanol–water partition coefficient (Wildman–Crippen LogP) is 3.66. The van der Waals surface area contributed by atoms with Crippen molar-refractivity contribution in [2.75, 3.05) is 0 Å². The minimum absolute atomic E-state index is 0.131. The van der Waals surface area contributed by atoms with E-state index in [9.17, 15) is 0 Å². The van der Waals surface area contributed by atoms with Crippen LogP contribution in [0.25, 0.3) is 5.52 Å². The van der Waals surface area contributed by atoms with Crippen molar-refractivity contribution in [3.05, 3.63) is 36.4 Å². The van der Waals surface area contributed by atoms with E-state index in [0.29, 0.717) is 0 Å². The van der Waals surface area contributed by atoms with E-state index in [1.807, 2.05) is 36.8 Å². The molecular formula is C13H20N2. The van der Waals surface area contributed by atoms with Gasteiger partial charge in [-0.2, -0.15) is 0 Å². The van der Waals surface area contributed by atoms with Crippen LogP contribution in [0.15, 0.2) is 30.7 Å². The van der Waals surface area contributed by atoms with E-state index in [4.69, 9.17) is 0 Å². The van der Waals surface area contributed by atoms with E-state index in [0.717, 1.165) is 5.69 Å². The molecule has 0 aromatic carbocycles. The Balaban J connectivity index is 0.000000531. The van der Waals surface area contributed by atoms with Crippen molar-refractivity contribution >= 4 is 5.52 Å². The maximum atomic E-state index is 4.41. The summed E-state index contributed by atoms with van der Waals surface area (Å²) < 4.78 is 2.02. The van der Waals surface area contributed by atoms with Gasteiger partial charge in [-0.15, -0.1) is 0 Å². The van der Waals surface area contributed by atoms with Gasteiger partial charge in [0.05, 0.1) is 6.33 Å². The van der Waals surface area contributed by atoms with Crippen molar-refractivity contribution in [2.45, 2.75) is 40.0 Å². The van der Waals surface area contributed by atoms with Gasteiger partial charge in [0.25, 0.3) is 0 Å². The van der Waals surface area contributed by atoms with Crippen molar-refractivity contribution < 1.29 is 0 Å². The summed E-state index contributed by atoms with van der Waals surface area (Å²) in [7, 11) is 0. The highest BCUT2D eigenvalue weighted by atomic mass is 14.9. The van der Waals surface area contributed by atoms with Crippen LogP contribution in [0, 0.1) is 0 Å². The Morgan fingerprint density at radius 1 is 1.20 bits per heavy atom. The fraction of sp³-hybridized carbons (Fsp3) is 0.462. The van der Waals surface area contributed by atoms with Gasteiger partial charge in [-0.25, -0.2) is 4.98 Å². The second kappa shape index (κ2) is 4.47. The predicted molar refractivity (Wildman–Crippen MR) is 65.2 cm³/mol. The SMILES string of the molecule is CC.CC(C)(C)c1cc2cccn2cn1. The van der Waals surface area contributed by atoms with Crippen LogP contribution >= 0.6 is 0 Å². The number of aromatic nitrogens is 2. The molecule has 82 valence electrons. The molecule has 0 saturated heterocycles. The molecule has 0 aliphatic carbocycles. The topological polar surface area (TPSA) is 17.3 Å². The summed E-state index contributed by atoms with van der Waals surface area (Å²) >= 11 is 0. The lowest BCUT2D eigenvalue weighted by atomic mass is 9.92. The van der Waals surface area contributed by atoms with E-state index in [1.54, 1.807) is 0 Å².